The van der Waals surface area contributed by atoms with E-state index in [9.17, 15) is 4.79 Å². The second kappa shape index (κ2) is 4.47. The molecule has 2 heteroatoms. The Morgan fingerprint density at radius 1 is 1.27 bits per heavy atom. The van der Waals surface area contributed by atoms with Gasteiger partial charge >= 0.3 is 0 Å². The van der Waals surface area contributed by atoms with Gasteiger partial charge in [-0.2, -0.15) is 0 Å². The van der Waals surface area contributed by atoms with Crippen LogP contribution < -0.4 is 4.74 Å². The maximum Gasteiger partial charge on any atom is 0.133 e. The molecule has 0 heterocycles. The SMILES string of the molecule is COc1ccc([C@H]2CCCC(=O)C2)cc1. The number of rotatable bonds is 2. The van der Waals surface area contributed by atoms with Gasteiger partial charge in [0.25, 0.3) is 0 Å². The van der Waals surface area contributed by atoms with Crippen molar-refractivity contribution in [1.82, 2.24) is 0 Å². The van der Waals surface area contributed by atoms with E-state index in [1.807, 2.05) is 12.1 Å². The van der Waals surface area contributed by atoms with Gasteiger partial charge in [-0.05, 0) is 36.5 Å². The van der Waals surface area contributed by atoms with Gasteiger partial charge in [0.05, 0.1) is 7.11 Å². The quantitative estimate of drug-likeness (QED) is 0.740. The largest absolute Gasteiger partial charge is 0.497 e. The molecule has 1 aliphatic rings. The van der Waals surface area contributed by atoms with Crippen LogP contribution in [0.5, 0.6) is 5.75 Å². The first-order valence-electron chi connectivity index (χ1n) is 5.45. The van der Waals surface area contributed by atoms with Gasteiger partial charge in [0.2, 0.25) is 0 Å². The number of carbonyl (C=O) groups is 1. The molecule has 1 aliphatic carbocycles. The van der Waals surface area contributed by atoms with Crippen LogP contribution in [0.4, 0.5) is 0 Å². The molecule has 0 unspecified atom stereocenters. The lowest BCUT2D eigenvalue weighted by atomic mass is 9.83. The molecule has 1 atom stereocenters. The Morgan fingerprint density at radius 3 is 2.60 bits per heavy atom. The summed E-state index contributed by atoms with van der Waals surface area (Å²) in [6, 6.07) is 8.08. The van der Waals surface area contributed by atoms with Crippen molar-refractivity contribution >= 4 is 5.78 Å². The van der Waals surface area contributed by atoms with Crippen LogP contribution in [0.2, 0.25) is 0 Å². The Kier molecular flexibility index (Phi) is 3.05. The molecule has 0 aromatic heterocycles. The first-order valence-corrected chi connectivity index (χ1v) is 5.45. The molecular formula is C13H16O2. The summed E-state index contributed by atoms with van der Waals surface area (Å²) in [7, 11) is 1.67. The van der Waals surface area contributed by atoms with E-state index in [1.54, 1.807) is 7.11 Å². The average molecular weight is 204 g/mol. The van der Waals surface area contributed by atoms with E-state index >= 15 is 0 Å². The molecule has 0 spiro atoms. The van der Waals surface area contributed by atoms with Crippen molar-refractivity contribution in [2.75, 3.05) is 7.11 Å². The Hall–Kier alpha value is -1.31. The highest BCUT2D eigenvalue weighted by atomic mass is 16.5. The summed E-state index contributed by atoms with van der Waals surface area (Å²) in [5.74, 6) is 1.71. The molecule has 1 saturated carbocycles. The zero-order chi connectivity index (χ0) is 10.7. The molecule has 0 saturated heterocycles. The number of methoxy groups -OCH3 is 1. The molecule has 80 valence electrons. The van der Waals surface area contributed by atoms with Gasteiger partial charge in [-0.15, -0.1) is 0 Å². The Balaban J connectivity index is 2.11. The van der Waals surface area contributed by atoms with Crippen molar-refractivity contribution in [3.8, 4) is 5.75 Å². The summed E-state index contributed by atoms with van der Waals surface area (Å²) in [6.45, 7) is 0. The average Bonchev–Trinajstić information content (AvgIpc) is 2.29. The fourth-order valence-corrected chi connectivity index (χ4v) is 2.19. The first-order chi connectivity index (χ1) is 7.29. The van der Waals surface area contributed by atoms with Crippen LogP contribution in [0.15, 0.2) is 24.3 Å². The number of benzene rings is 1. The third kappa shape index (κ3) is 2.38. The zero-order valence-corrected chi connectivity index (χ0v) is 9.03. The van der Waals surface area contributed by atoms with Crippen molar-refractivity contribution in [2.45, 2.75) is 31.6 Å². The van der Waals surface area contributed by atoms with Crippen LogP contribution in [0.3, 0.4) is 0 Å². The van der Waals surface area contributed by atoms with Crippen molar-refractivity contribution < 1.29 is 9.53 Å². The van der Waals surface area contributed by atoms with Crippen LogP contribution in [0.1, 0.15) is 37.2 Å². The summed E-state index contributed by atoms with van der Waals surface area (Å²) in [5, 5.41) is 0. The third-order valence-electron chi connectivity index (χ3n) is 3.07. The first kappa shape index (κ1) is 10.2. The lowest BCUT2D eigenvalue weighted by molar-refractivity contribution is -0.120. The molecule has 0 bridgehead atoms. The molecule has 1 aromatic rings. The molecule has 0 radical (unpaired) electrons. The molecule has 0 N–H and O–H groups in total. The van der Waals surface area contributed by atoms with Crippen LogP contribution in [0.25, 0.3) is 0 Å². The summed E-state index contributed by atoms with van der Waals surface area (Å²) < 4.78 is 5.11. The van der Waals surface area contributed by atoms with Gasteiger partial charge in [0, 0.05) is 12.8 Å². The van der Waals surface area contributed by atoms with E-state index in [2.05, 4.69) is 12.1 Å². The van der Waals surface area contributed by atoms with Crippen LogP contribution >= 0.6 is 0 Å². The predicted octanol–water partition coefficient (Wildman–Crippen LogP) is 2.92. The van der Waals surface area contributed by atoms with E-state index in [0.717, 1.165) is 25.0 Å². The zero-order valence-electron chi connectivity index (χ0n) is 9.03. The Bertz CT molecular complexity index is 340. The number of hydrogen-bond acceptors (Lipinski definition) is 2. The normalized spacial score (nSPS) is 21.4. The van der Waals surface area contributed by atoms with Crippen molar-refractivity contribution in [3.63, 3.8) is 0 Å². The van der Waals surface area contributed by atoms with Gasteiger partial charge in [-0.25, -0.2) is 0 Å². The van der Waals surface area contributed by atoms with Gasteiger partial charge in [-0.3, -0.25) is 4.79 Å². The van der Waals surface area contributed by atoms with Gasteiger partial charge in [0.15, 0.2) is 0 Å². The minimum atomic E-state index is 0.405. The standard InChI is InChI=1S/C13H16O2/c1-15-13-7-5-10(6-8-13)11-3-2-4-12(14)9-11/h5-8,11H,2-4,9H2,1H3/t11-/m0/s1. The highest BCUT2D eigenvalue weighted by Crippen LogP contribution is 2.31. The minimum Gasteiger partial charge on any atom is -0.497 e. The predicted molar refractivity (Wildman–Crippen MR) is 59.2 cm³/mol. The van der Waals surface area contributed by atoms with E-state index in [1.165, 1.54) is 5.56 Å². The summed E-state index contributed by atoms with van der Waals surface area (Å²) in [6.07, 6.45) is 3.66. The third-order valence-corrected chi connectivity index (χ3v) is 3.07. The van der Waals surface area contributed by atoms with Crippen LogP contribution in [-0.4, -0.2) is 12.9 Å². The smallest absolute Gasteiger partial charge is 0.133 e. The number of ketones is 1. The Labute approximate surface area is 90.3 Å². The van der Waals surface area contributed by atoms with Gasteiger partial charge in [-0.1, -0.05) is 12.1 Å². The van der Waals surface area contributed by atoms with Gasteiger partial charge in [0.1, 0.15) is 11.5 Å². The highest BCUT2D eigenvalue weighted by Gasteiger charge is 2.20. The fourth-order valence-electron chi connectivity index (χ4n) is 2.19. The van der Waals surface area contributed by atoms with E-state index < -0.39 is 0 Å². The molecule has 1 aromatic carbocycles. The maximum atomic E-state index is 11.3. The molecule has 2 nitrogen and oxygen atoms in total. The molecule has 2 rings (SSSR count). The topological polar surface area (TPSA) is 26.3 Å². The number of Topliss-reactive ketones (excluding diaryl/α,β-unsaturated/α-hetero) is 1. The van der Waals surface area contributed by atoms with E-state index in [4.69, 9.17) is 4.74 Å². The summed E-state index contributed by atoms with van der Waals surface area (Å²) in [5.41, 5.74) is 1.27. The lowest BCUT2D eigenvalue weighted by Crippen LogP contribution is -2.13. The number of hydrogen-bond donors (Lipinski definition) is 0. The molecule has 0 aliphatic heterocycles. The van der Waals surface area contributed by atoms with Crippen molar-refractivity contribution in [3.05, 3.63) is 29.8 Å². The Morgan fingerprint density at radius 2 is 2.00 bits per heavy atom. The van der Waals surface area contributed by atoms with E-state index in [0.29, 0.717) is 18.1 Å². The fraction of sp³-hybridized carbons (Fsp3) is 0.462. The molecular weight excluding hydrogens is 188 g/mol. The van der Waals surface area contributed by atoms with Gasteiger partial charge < -0.3 is 4.74 Å². The van der Waals surface area contributed by atoms with Crippen molar-refractivity contribution in [2.24, 2.45) is 0 Å². The monoisotopic (exact) mass is 204 g/mol. The number of ether oxygens (including phenoxy) is 1. The maximum absolute atomic E-state index is 11.3. The second-order valence-corrected chi connectivity index (χ2v) is 4.11. The molecule has 15 heavy (non-hydrogen) atoms. The minimum absolute atomic E-state index is 0.405. The van der Waals surface area contributed by atoms with E-state index in [-0.39, 0.29) is 0 Å². The summed E-state index contributed by atoms with van der Waals surface area (Å²) >= 11 is 0. The summed E-state index contributed by atoms with van der Waals surface area (Å²) in [4.78, 5) is 11.3. The lowest BCUT2D eigenvalue weighted by Gasteiger charge is -2.21. The second-order valence-electron chi connectivity index (χ2n) is 4.11. The van der Waals surface area contributed by atoms with Crippen LogP contribution in [-0.2, 0) is 4.79 Å². The van der Waals surface area contributed by atoms with Crippen molar-refractivity contribution in [1.29, 1.82) is 0 Å². The van der Waals surface area contributed by atoms with Crippen LogP contribution in [0, 0.1) is 0 Å². The molecule has 0 amide bonds. The molecule has 1 fully saturated rings. The number of carbonyl (C=O) groups excluding carboxylic acids is 1. The highest BCUT2D eigenvalue weighted by molar-refractivity contribution is 5.80.